The second-order valence-electron chi connectivity index (χ2n) is 6.24. The van der Waals surface area contributed by atoms with Gasteiger partial charge in [0.2, 0.25) is 0 Å². The lowest BCUT2D eigenvalue weighted by Gasteiger charge is -2.36. The molecule has 1 fully saturated rings. The Bertz CT molecular complexity index is 367. The van der Waals surface area contributed by atoms with E-state index in [1.165, 1.54) is 25.7 Å². The molecule has 0 radical (unpaired) electrons. The molecule has 3 nitrogen and oxygen atoms in total. The average Bonchev–Trinajstić information content (AvgIpc) is 2.62. The first kappa shape index (κ1) is 12.6. The summed E-state index contributed by atoms with van der Waals surface area (Å²) in [6.07, 6.45) is 9.18. The van der Waals surface area contributed by atoms with Crippen LogP contribution in [0.1, 0.15) is 58.3 Å². The maximum atomic E-state index is 4.42. The Morgan fingerprint density at radius 1 is 1.53 bits per heavy atom. The lowest BCUT2D eigenvalue weighted by molar-refractivity contribution is 0.189. The third kappa shape index (κ3) is 3.09. The summed E-state index contributed by atoms with van der Waals surface area (Å²) in [6.45, 7) is 6.97. The van der Waals surface area contributed by atoms with Gasteiger partial charge in [0.25, 0.3) is 0 Å². The summed E-state index contributed by atoms with van der Waals surface area (Å²) in [5.74, 6) is 1.13. The van der Waals surface area contributed by atoms with Crippen molar-refractivity contribution in [3.05, 3.63) is 18.2 Å². The zero-order valence-corrected chi connectivity index (χ0v) is 11.5. The molecule has 2 unspecified atom stereocenters. The fraction of sp³-hybridized carbons (Fsp3) is 0.786. The SMILES string of the molecule is CC(NC1CCCC(C)(C)C1)c1nccn1C. The second kappa shape index (κ2) is 4.81. The normalized spacial score (nSPS) is 25.8. The highest BCUT2D eigenvalue weighted by Crippen LogP contribution is 2.35. The highest BCUT2D eigenvalue weighted by molar-refractivity contribution is 4.98. The third-order valence-electron chi connectivity index (χ3n) is 3.94. The molecule has 3 heteroatoms. The number of rotatable bonds is 3. The highest BCUT2D eigenvalue weighted by Gasteiger charge is 2.29. The third-order valence-corrected chi connectivity index (χ3v) is 3.94. The quantitative estimate of drug-likeness (QED) is 0.872. The van der Waals surface area contributed by atoms with Crippen LogP contribution in [-0.2, 0) is 7.05 Å². The minimum atomic E-state index is 0.342. The Balaban J connectivity index is 1.95. The van der Waals surface area contributed by atoms with Gasteiger partial charge in [-0.2, -0.15) is 0 Å². The van der Waals surface area contributed by atoms with E-state index in [0.29, 0.717) is 17.5 Å². The molecule has 2 rings (SSSR count). The number of nitrogens with one attached hydrogen (secondary N) is 1. The summed E-state index contributed by atoms with van der Waals surface area (Å²) in [4.78, 5) is 4.42. The van der Waals surface area contributed by atoms with Crippen molar-refractivity contribution < 1.29 is 0 Å². The van der Waals surface area contributed by atoms with Crippen LogP contribution in [-0.4, -0.2) is 15.6 Å². The van der Waals surface area contributed by atoms with Gasteiger partial charge in [-0.3, -0.25) is 0 Å². The minimum Gasteiger partial charge on any atom is -0.337 e. The molecule has 1 aliphatic carbocycles. The molecule has 17 heavy (non-hydrogen) atoms. The van der Waals surface area contributed by atoms with Crippen molar-refractivity contribution in [3.63, 3.8) is 0 Å². The van der Waals surface area contributed by atoms with Crippen LogP contribution in [0, 0.1) is 5.41 Å². The van der Waals surface area contributed by atoms with Gasteiger partial charge in [-0.15, -0.1) is 0 Å². The van der Waals surface area contributed by atoms with E-state index in [1.54, 1.807) is 0 Å². The van der Waals surface area contributed by atoms with Crippen molar-refractivity contribution >= 4 is 0 Å². The number of aromatic nitrogens is 2. The molecule has 1 aromatic heterocycles. The number of hydrogen-bond acceptors (Lipinski definition) is 2. The van der Waals surface area contributed by atoms with Crippen molar-refractivity contribution in [1.29, 1.82) is 0 Å². The van der Waals surface area contributed by atoms with Crippen LogP contribution in [0.2, 0.25) is 0 Å². The van der Waals surface area contributed by atoms with E-state index in [2.05, 4.69) is 42.7 Å². The van der Waals surface area contributed by atoms with Gasteiger partial charge >= 0.3 is 0 Å². The van der Waals surface area contributed by atoms with Crippen molar-refractivity contribution in [1.82, 2.24) is 14.9 Å². The summed E-state index contributed by atoms with van der Waals surface area (Å²) in [6, 6.07) is 0.986. The van der Waals surface area contributed by atoms with Gasteiger partial charge in [0.1, 0.15) is 5.82 Å². The monoisotopic (exact) mass is 235 g/mol. The summed E-state index contributed by atoms with van der Waals surface area (Å²) in [7, 11) is 2.06. The summed E-state index contributed by atoms with van der Waals surface area (Å²) < 4.78 is 2.10. The number of nitrogens with zero attached hydrogens (tertiary/aromatic N) is 2. The highest BCUT2D eigenvalue weighted by atomic mass is 15.1. The van der Waals surface area contributed by atoms with E-state index in [0.717, 1.165) is 5.82 Å². The predicted molar refractivity (Wildman–Crippen MR) is 70.8 cm³/mol. The molecular formula is C14H25N3. The van der Waals surface area contributed by atoms with E-state index in [9.17, 15) is 0 Å². The molecule has 1 heterocycles. The summed E-state index contributed by atoms with van der Waals surface area (Å²) in [5, 5.41) is 3.73. The Hall–Kier alpha value is -0.830. The van der Waals surface area contributed by atoms with Crippen molar-refractivity contribution in [2.24, 2.45) is 12.5 Å². The zero-order valence-electron chi connectivity index (χ0n) is 11.5. The fourth-order valence-corrected chi connectivity index (χ4v) is 3.06. The Kier molecular flexibility index (Phi) is 3.57. The molecule has 1 aliphatic rings. The summed E-state index contributed by atoms with van der Waals surface area (Å²) in [5.41, 5.74) is 0.497. The Morgan fingerprint density at radius 2 is 2.29 bits per heavy atom. The molecular weight excluding hydrogens is 210 g/mol. The zero-order chi connectivity index (χ0) is 12.5. The number of hydrogen-bond donors (Lipinski definition) is 1. The van der Waals surface area contributed by atoms with Gasteiger partial charge in [0.05, 0.1) is 6.04 Å². The molecule has 0 aromatic carbocycles. The molecule has 0 aliphatic heterocycles. The minimum absolute atomic E-state index is 0.342. The van der Waals surface area contributed by atoms with Gasteiger partial charge in [-0.25, -0.2) is 4.98 Å². The molecule has 0 bridgehead atoms. The maximum Gasteiger partial charge on any atom is 0.125 e. The van der Waals surface area contributed by atoms with Gasteiger partial charge in [0.15, 0.2) is 0 Å². The molecule has 0 amide bonds. The first-order chi connectivity index (χ1) is 7.98. The van der Waals surface area contributed by atoms with E-state index in [4.69, 9.17) is 0 Å². The molecule has 0 saturated heterocycles. The number of imidazole rings is 1. The van der Waals surface area contributed by atoms with Crippen molar-refractivity contribution in [2.45, 2.75) is 58.5 Å². The van der Waals surface area contributed by atoms with Crippen LogP contribution in [0.5, 0.6) is 0 Å². The van der Waals surface area contributed by atoms with Crippen LogP contribution in [0.3, 0.4) is 0 Å². The predicted octanol–water partition coefficient (Wildman–Crippen LogP) is 3.04. The van der Waals surface area contributed by atoms with Crippen LogP contribution in [0.15, 0.2) is 12.4 Å². The topological polar surface area (TPSA) is 29.9 Å². The van der Waals surface area contributed by atoms with Gasteiger partial charge in [0, 0.05) is 25.5 Å². The van der Waals surface area contributed by atoms with Gasteiger partial charge in [-0.1, -0.05) is 20.3 Å². The van der Waals surface area contributed by atoms with Crippen molar-refractivity contribution in [3.8, 4) is 0 Å². The first-order valence-corrected chi connectivity index (χ1v) is 6.71. The van der Waals surface area contributed by atoms with Crippen molar-refractivity contribution in [2.75, 3.05) is 0 Å². The molecule has 2 atom stereocenters. The van der Waals surface area contributed by atoms with Crippen LogP contribution < -0.4 is 5.32 Å². The number of aryl methyl sites for hydroxylation is 1. The molecule has 0 spiro atoms. The molecule has 1 saturated carbocycles. The fourth-order valence-electron chi connectivity index (χ4n) is 3.06. The smallest absolute Gasteiger partial charge is 0.125 e. The first-order valence-electron chi connectivity index (χ1n) is 6.71. The van der Waals surface area contributed by atoms with Crippen LogP contribution in [0.4, 0.5) is 0 Å². The van der Waals surface area contributed by atoms with E-state index >= 15 is 0 Å². The molecule has 1 aromatic rings. The van der Waals surface area contributed by atoms with Crippen LogP contribution in [0.25, 0.3) is 0 Å². The van der Waals surface area contributed by atoms with Gasteiger partial charge in [-0.05, 0) is 31.6 Å². The van der Waals surface area contributed by atoms with Crippen LogP contribution >= 0.6 is 0 Å². The van der Waals surface area contributed by atoms with E-state index < -0.39 is 0 Å². The van der Waals surface area contributed by atoms with Gasteiger partial charge < -0.3 is 9.88 Å². The average molecular weight is 235 g/mol. The Morgan fingerprint density at radius 3 is 2.88 bits per heavy atom. The van der Waals surface area contributed by atoms with E-state index in [-0.39, 0.29) is 0 Å². The second-order valence-corrected chi connectivity index (χ2v) is 6.24. The molecule has 1 N–H and O–H groups in total. The lowest BCUT2D eigenvalue weighted by Crippen LogP contribution is -2.39. The molecule has 96 valence electrons. The van der Waals surface area contributed by atoms with E-state index in [1.807, 2.05) is 12.4 Å². The standard InChI is InChI=1S/C14H25N3/c1-11(13-15-8-9-17(13)4)16-12-6-5-7-14(2,3)10-12/h8-9,11-12,16H,5-7,10H2,1-4H3. The summed E-state index contributed by atoms with van der Waals surface area (Å²) >= 11 is 0. The lowest BCUT2D eigenvalue weighted by atomic mass is 9.75. The maximum absolute atomic E-state index is 4.42. The largest absolute Gasteiger partial charge is 0.337 e. The Labute approximate surface area is 105 Å².